The SMILES string of the molecule is CCCC(CCC)C(=O)N1CCCN(C2=NS(=O)(=O)C(c3ccc(F)cc3)=C2C)CC1. The third kappa shape index (κ3) is 5.17. The molecule has 2 heterocycles. The lowest BCUT2D eigenvalue weighted by Crippen LogP contribution is -2.40. The predicted molar refractivity (Wildman–Crippen MR) is 121 cm³/mol. The Balaban J connectivity index is 1.78. The van der Waals surface area contributed by atoms with Gasteiger partial charge in [-0.15, -0.1) is 4.40 Å². The first kappa shape index (κ1) is 23.4. The number of carbonyl (C=O) groups excluding carboxylic acids is 1. The number of amidine groups is 1. The van der Waals surface area contributed by atoms with Gasteiger partial charge in [-0.25, -0.2) is 4.39 Å². The van der Waals surface area contributed by atoms with Crippen LogP contribution in [0.1, 0.15) is 58.4 Å². The maximum Gasteiger partial charge on any atom is 0.285 e. The second-order valence-corrected chi connectivity index (χ2v) is 9.83. The van der Waals surface area contributed by atoms with Gasteiger partial charge in [0.1, 0.15) is 16.6 Å². The summed E-state index contributed by atoms with van der Waals surface area (Å²) in [5, 5.41) is 0. The van der Waals surface area contributed by atoms with Crippen molar-refractivity contribution in [2.45, 2.75) is 52.9 Å². The van der Waals surface area contributed by atoms with Gasteiger partial charge in [0.05, 0.1) is 0 Å². The zero-order valence-electron chi connectivity index (χ0n) is 18.6. The van der Waals surface area contributed by atoms with E-state index in [0.29, 0.717) is 43.2 Å². The molecule has 2 aliphatic heterocycles. The monoisotopic (exact) mass is 449 g/mol. The molecule has 0 unspecified atom stereocenters. The molecular weight excluding hydrogens is 417 g/mol. The van der Waals surface area contributed by atoms with Gasteiger partial charge in [-0.1, -0.05) is 38.8 Å². The molecule has 31 heavy (non-hydrogen) atoms. The molecule has 1 saturated heterocycles. The lowest BCUT2D eigenvalue weighted by Gasteiger charge is -2.26. The summed E-state index contributed by atoms with van der Waals surface area (Å²) in [5.74, 6) is 0.302. The van der Waals surface area contributed by atoms with Gasteiger partial charge in [0, 0.05) is 37.7 Å². The summed E-state index contributed by atoms with van der Waals surface area (Å²) in [6, 6.07) is 5.44. The molecule has 0 atom stereocenters. The molecule has 170 valence electrons. The minimum Gasteiger partial charge on any atom is -0.354 e. The van der Waals surface area contributed by atoms with E-state index in [1.165, 1.54) is 24.3 Å². The molecule has 0 spiro atoms. The van der Waals surface area contributed by atoms with Crippen LogP contribution in [0.4, 0.5) is 4.39 Å². The van der Waals surface area contributed by atoms with Crippen molar-refractivity contribution in [1.82, 2.24) is 9.80 Å². The number of benzene rings is 1. The van der Waals surface area contributed by atoms with Gasteiger partial charge in [-0.3, -0.25) is 4.79 Å². The minimum atomic E-state index is -3.85. The molecule has 8 heteroatoms. The molecule has 3 rings (SSSR count). The number of sulfonamides is 1. The fourth-order valence-corrected chi connectivity index (χ4v) is 5.96. The first-order valence-electron chi connectivity index (χ1n) is 11.1. The largest absolute Gasteiger partial charge is 0.354 e. The smallest absolute Gasteiger partial charge is 0.285 e. The highest BCUT2D eigenvalue weighted by Gasteiger charge is 2.34. The van der Waals surface area contributed by atoms with E-state index in [9.17, 15) is 17.6 Å². The lowest BCUT2D eigenvalue weighted by molar-refractivity contribution is -0.135. The maximum absolute atomic E-state index is 13.3. The van der Waals surface area contributed by atoms with E-state index in [-0.39, 0.29) is 16.7 Å². The predicted octanol–water partition coefficient (Wildman–Crippen LogP) is 4.05. The second kappa shape index (κ2) is 9.94. The number of halogens is 1. The van der Waals surface area contributed by atoms with E-state index in [0.717, 1.165) is 32.1 Å². The number of carbonyl (C=O) groups is 1. The normalized spacial score (nSPS) is 19.1. The number of hydrogen-bond donors (Lipinski definition) is 0. The molecule has 1 amide bonds. The van der Waals surface area contributed by atoms with Crippen molar-refractivity contribution in [3.05, 3.63) is 41.2 Å². The summed E-state index contributed by atoms with van der Waals surface area (Å²) in [5.41, 5.74) is 1.01. The second-order valence-electron chi connectivity index (χ2n) is 8.29. The summed E-state index contributed by atoms with van der Waals surface area (Å²) < 4.78 is 42.9. The Kier molecular flexibility index (Phi) is 7.51. The van der Waals surface area contributed by atoms with Crippen LogP contribution in [0.5, 0.6) is 0 Å². The van der Waals surface area contributed by atoms with Crippen molar-refractivity contribution in [1.29, 1.82) is 0 Å². The van der Waals surface area contributed by atoms with E-state index in [2.05, 4.69) is 18.2 Å². The molecule has 6 nitrogen and oxygen atoms in total. The van der Waals surface area contributed by atoms with Gasteiger partial charge >= 0.3 is 0 Å². The number of hydrogen-bond acceptors (Lipinski definition) is 4. The quantitative estimate of drug-likeness (QED) is 0.657. The highest BCUT2D eigenvalue weighted by molar-refractivity contribution is 8.00. The van der Waals surface area contributed by atoms with E-state index in [4.69, 9.17) is 0 Å². The van der Waals surface area contributed by atoms with Gasteiger partial charge in [0.15, 0.2) is 0 Å². The van der Waals surface area contributed by atoms with Gasteiger partial charge in [0.2, 0.25) is 5.91 Å². The van der Waals surface area contributed by atoms with Gasteiger partial charge in [-0.2, -0.15) is 8.42 Å². The summed E-state index contributed by atoms with van der Waals surface area (Å²) in [4.78, 5) is 17.1. The fraction of sp³-hybridized carbons (Fsp3) is 0.565. The fourth-order valence-electron chi connectivity index (χ4n) is 4.48. The topological polar surface area (TPSA) is 70.1 Å². The average molecular weight is 450 g/mol. The number of rotatable bonds is 6. The standard InChI is InChI=1S/C23H32FN3O3S/c1-4-7-19(8-5-2)23(28)27-14-6-13-26(15-16-27)22-17(3)21(31(29,30)25-22)18-9-11-20(24)12-10-18/h9-12,19H,4-8,13-16H2,1-3H3. The van der Waals surface area contributed by atoms with Crippen LogP contribution in [0, 0.1) is 11.7 Å². The van der Waals surface area contributed by atoms with Crippen molar-refractivity contribution in [3.63, 3.8) is 0 Å². The first-order chi connectivity index (χ1) is 14.8. The molecule has 1 fully saturated rings. The van der Waals surface area contributed by atoms with Crippen LogP contribution in [-0.2, 0) is 14.8 Å². The van der Waals surface area contributed by atoms with Crippen molar-refractivity contribution in [2.75, 3.05) is 26.2 Å². The summed E-state index contributed by atoms with van der Waals surface area (Å²) in [6.07, 6.45) is 4.54. The molecule has 0 saturated carbocycles. The average Bonchev–Trinajstić information content (AvgIpc) is 2.89. The minimum absolute atomic E-state index is 0.0671. The summed E-state index contributed by atoms with van der Waals surface area (Å²) >= 11 is 0. The van der Waals surface area contributed by atoms with Crippen LogP contribution in [0.3, 0.4) is 0 Å². The van der Waals surface area contributed by atoms with Crippen molar-refractivity contribution >= 4 is 26.7 Å². The van der Waals surface area contributed by atoms with E-state index >= 15 is 0 Å². The third-order valence-electron chi connectivity index (χ3n) is 5.98. The Morgan fingerprint density at radius 1 is 1.06 bits per heavy atom. The molecule has 1 aromatic rings. The van der Waals surface area contributed by atoms with Gasteiger partial charge < -0.3 is 9.80 Å². The van der Waals surface area contributed by atoms with Crippen LogP contribution >= 0.6 is 0 Å². The molecule has 0 aromatic heterocycles. The Hall–Kier alpha value is -2.22. The summed E-state index contributed by atoms with van der Waals surface area (Å²) in [7, 11) is -3.85. The molecule has 0 aliphatic carbocycles. The molecule has 1 aromatic carbocycles. The van der Waals surface area contributed by atoms with Crippen LogP contribution in [0.2, 0.25) is 0 Å². The first-order valence-corrected chi connectivity index (χ1v) is 12.6. The van der Waals surface area contributed by atoms with Crippen LogP contribution < -0.4 is 0 Å². The number of nitrogens with zero attached hydrogens (tertiary/aromatic N) is 3. The molecular formula is C23H32FN3O3S. The third-order valence-corrected chi connectivity index (χ3v) is 7.45. The zero-order chi connectivity index (χ0) is 22.6. The number of amides is 1. The van der Waals surface area contributed by atoms with Crippen molar-refractivity contribution < 1.29 is 17.6 Å². The van der Waals surface area contributed by atoms with Crippen molar-refractivity contribution in [3.8, 4) is 0 Å². The summed E-state index contributed by atoms with van der Waals surface area (Å²) in [6.45, 7) is 8.36. The van der Waals surface area contributed by atoms with E-state index < -0.39 is 15.8 Å². The van der Waals surface area contributed by atoms with Gasteiger partial charge in [0.25, 0.3) is 10.0 Å². The Morgan fingerprint density at radius 2 is 1.71 bits per heavy atom. The molecule has 2 aliphatic rings. The van der Waals surface area contributed by atoms with E-state index in [1.807, 2.05) is 9.80 Å². The zero-order valence-corrected chi connectivity index (χ0v) is 19.4. The maximum atomic E-state index is 13.3. The van der Waals surface area contributed by atoms with E-state index in [1.54, 1.807) is 6.92 Å². The Labute approximate surface area is 184 Å². The highest BCUT2D eigenvalue weighted by atomic mass is 32.2. The van der Waals surface area contributed by atoms with Crippen LogP contribution in [0.15, 0.2) is 34.2 Å². The molecule has 0 N–H and O–H groups in total. The Bertz CT molecular complexity index is 964. The van der Waals surface area contributed by atoms with Crippen LogP contribution in [0.25, 0.3) is 4.91 Å². The Morgan fingerprint density at radius 3 is 2.32 bits per heavy atom. The van der Waals surface area contributed by atoms with Crippen molar-refractivity contribution in [2.24, 2.45) is 10.3 Å². The highest BCUT2D eigenvalue weighted by Crippen LogP contribution is 2.34. The molecule has 0 bridgehead atoms. The van der Waals surface area contributed by atoms with Gasteiger partial charge in [-0.05, 0) is 43.9 Å². The lowest BCUT2D eigenvalue weighted by atomic mass is 9.96. The van der Waals surface area contributed by atoms with Crippen LogP contribution in [-0.4, -0.2) is 56.1 Å². The molecule has 0 radical (unpaired) electrons.